The zero-order chi connectivity index (χ0) is 15.5. The third kappa shape index (κ3) is 4.44. The molecular formula is C14H24ClN3O2S. The van der Waals surface area contributed by atoms with Gasteiger partial charge in [-0.1, -0.05) is 13.8 Å². The smallest absolute Gasteiger partial charge is 0.246 e. The molecule has 1 fully saturated rings. The van der Waals surface area contributed by atoms with Crippen LogP contribution in [0, 0.1) is 5.92 Å². The molecule has 7 heteroatoms. The van der Waals surface area contributed by atoms with E-state index in [1.54, 1.807) is 15.2 Å². The highest BCUT2D eigenvalue weighted by Crippen LogP contribution is 2.32. The number of alkyl halides is 1. The predicted molar refractivity (Wildman–Crippen MR) is 83.9 cm³/mol. The van der Waals surface area contributed by atoms with Gasteiger partial charge in [0.15, 0.2) is 0 Å². The monoisotopic (exact) mass is 333 g/mol. The second kappa shape index (κ2) is 7.11. The highest BCUT2D eigenvalue weighted by molar-refractivity contribution is 7.89. The number of aromatic nitrogens is 2. The topological polar surface area (TPSA) is 55.2 Å². The van der Waals surface area contributed by atoms with Crippen molar-refractivity contribution < 1.29 is 8.42 Å². The van der Waals surface area contributed by atoms with Crippen molar-refractivity contribution in [3.05, 3.63) is 12.4 Å². The van der Waals surface area contributed by atoms with Crippen LogP contribution in [0.4, 0.5) is 0 Å². The number of nitrogens with zero attached hydrogens (tertiary/aromatic N) is 3. The summed E-state index contributed by atoms with van der Waals surface area (Å²) in [5.74, 6) is 1.04. The van der Waals surface area contributed by atoms with E-state index in [4.69, 9.17) is 11.6 Å². The highest BCUT2D eigenvalue weighted by Gasteiger charge is 2.38. The molecule has 0 bridgehead atoms. The molecule has 1 aromatic rings. The first-order valence-corrected chi connectivity index (χ1v) is 9.53. The Bertz CT molecular complexity index is 552. The SMILES string of the molecule is CC(C)CCN(C1CC1)S(=O)(=O)c1cnn(CCCCl)c1. The van der Waals surface area contributed by atoms with Crippen LogP contribution in [0.25, 0.3) is 0 Å². The molecule has 1 aromatic heterocycles. The summed E-state index contributed by atoms with van der Waals surface area (Å²) in [7, 11) is -3.42. The first-order valence-electron chi connectivity index (χ1n) is 7.55. The lowest BCUT2D eigenvalue weighted by Gasteiger charge is -2.21. The van der Waals surface area contributed by atoms with Gasteiger partial charge in [0.25, 0.3) is 0 Å². The van der Waals surface area contributed by atoms with E-state index < -0.39 is 10.0 Å². The summed E-state index contributed by atoms with van der Waals surface area (Å²) in [6.07, 6.45) is 6.68. The molecular weight excluding hydrogens is 310 g/mol. The Morgan fingerprint density at radius 3 is 2.76 bits per heavy atom. The first kappa shape index (κ1) is 16.8. The maximum absolute atomic E-state index is 12.8. The summed E-state index contributed by atoms with van der Waals surface area (Å²) in [6, 6.07) is 0.181. The summed E-state index contributed by atoms with van der Waals surface area (Å²) in [6.45, 7) is 5.47. The molecule has 5 nitrogen and oxygen atoms in total. The fourth-order valence-electron chi connectivity index (χ4n) is 2.20. The number of halogens is 1. The number of hydrogen-bond acceptors (Lipinski definition) is 3. The molecule has 0 atom stereocenters. The van der Waals surface area contributed by atoms with Crippen LogP contribution < -0.4 is 0 Å². The Balaban J connectivity index is 2.12. The molecule has 0 amide bonds. The molecule has 1 aliphatic carbocycles. The lowest BCUT2D eigenvalue weighted by Crippen LogP contribution is -2.34. The van der Waals surface area contributed by atoms with Crippen molar-refractivity contribution in [2.24, 2.45) is 5.92 Å². The summed E-state index contributed by atoms with van der Waals surface area (Å²) in [5.41, 5.74) is 0. The van der Waals surface area contributed by atoms with Crippen LogP contribution in [0.3, 0.4) is 0 Å². The largest absolute Gasteiger partial charge is 0.271 e. The van der Waals surface area contributed by atoms with Crippen molar-refractivity contribution in [1.29, 1.82) is 0 Å². The molecule has 0 unspecified atom stereocenters. The third-order valence-corrected chi connectivity index (χ3v) is 5.79. The Hall–Kier alpha value is -0.590. The first-order chi connectivity index (χ1) is 9.95. The van der Waals surface area contributed by atoms with Gasteiger partial charge < -0.3 is 0 Å². The number of rotatable bonds is 9. The molecule has 0 N–H and O–H groups in total. The van der Waals surface area contributed by atoms with E-state index >= 15 is 0 Å². The Labute approximate surface area is 132 Å². The Morgan fingerprint density at radius 2 is 2.19 bits per heavy atom. The van der Waals surface area contributed by atoms with Crippen LogP contribution in [0.1, 0.15) is 39.5 Å². The second-order valence-electron chi connectivity index (χ2n) is 6.01. The molecule has 1 heterocycles. The lowest BCUT2D eigenvalue weighted by molar-refractivity contribution is 0.373. The predicted octanol–water partition coefficient (Wildman–Crippen LogP) is 2.71. The van der Waals surface area contributed by atoms with Crippen molar-refractivity contribution in [1.82, 2.24) is 14.1 Å². The van der Waals surface area contributed by atoms with E-state index in [9.17, 15) is 8.42 Å². The molecule has 0 saturated heterocycles. The van der Waals surface area contributed by atoms with Gasteiger partial charge >= 0.3 is 0 Å². The van der Waals surface area contributed by atoms with Gasteiger partial charge in [-0.3, -0.25) is 4.68 Å². The quantitative estimate of drug-likeness (QED) is 0.653. The molecule has 1 saturated carbocycles. The van der Waals surface area contributed by atoms with E-state index in [1.807, 2.05) is 0 Å². The van der Waals surface area contributed by atoms with Gasteiger partial charge in [-0.05, 0) is 31.6 Å². The van der Waals surface area contributed by atoms with Crippen LogP contribution in [0.15, 0.2) is 17.3 Å². The summed E-state index contributed by atoms with van der Waals surface area (Å²) < 4.78 is 28.8. The van der Waals surface area contributed by atoms with Gasteiger partial charge in [0.05, 0.1) is 6.20 Å². The standard InChI is InChI=1S/C14H24ClN3O2S/c1-12(2)6-9-18(13-4-5-13)21(19,20)14-10-16-17(11-14)8-3-7-15/h10-13H,3-9H2,1-2H3. The minimum Gasteiger partial charge on any atom is -0.271 e. The zero-order valence-electron chi connectivity index (χ0n) is 12.7. The molecule has 21 heavy (non-hydrogen) atoms. The normalized spacial score (nSPS) is 16.0. The van der Waals surface area contributed by atoms with Gasteiger partial charge in [-0.2, -0.15) is 9.40 Å². The van der Waals surface area contributed by atoms with E-state index in [-0.39, 0.29) is 6.04 Å². The zero-order valence-corrected chi connectivity index (χ0v) is 14.3. The van der Waals surface area contributed by atoms with Crippen molar-refractivity contribution in [3.8, 4) is 0 Å². The number of hydrogen-bond donors (Lipinski definition) is 0. The maximum atomic E-state index is 12.8. The summed E-state index contributed by atoms with van der Waals surface area (Å²) in [5, 5.41) is 4.13. The van der Waals surface area contributed by atoms with E-state index in [0.29, 0.717) is 29.8 Å². The summed E-state index contributed by atoms with van der Waals surface area (Å²) in [4.78, 5) is 0.299. The van der Waals surface area contributed by atoms with E-state index in [1.165, 1.54) is 6.20 Å². The van der Waals surface area contributed by atoms with E-state index in [0.717, 1.165) is 25.7 Å². The lowest BCUT2D eigenvalue weighted by atomic mass is 10.1. The molecule has 2 rings (SSSR count). The molecule has 120 valence electrons. The average molecular weight is 334 g/mol. The van der Waals surface area contributed by atoms with Crippen LogP contribution in [-0.4, -0.2) is 41.0 Å². The summed E-state index contributed by atoms with van der Waals surface area (Å²) >= 11 is 5.65. The molecule has 1 aliphatic rings. The van der Waals surface area contributed by atoms with Crippen LogP contribution in [0.5, 0.6) is 0 Å². The van der Waals surface area contributed by atoms with Gasteiger partial charge in [-0.15, -0.1) is 11.6 Å². The van der Waals surface area contributed by atoms with Gasteiger partial charge in [0.2, 0.25) is 10.0 Å². The minimum atomic E-state index is -3.42. The molecule has 0 aliphatic heterocycles. The maximum Gasteiger partial charge on any atom is 0.246 e. The van der Waals surface area contributed by atoms with Gasteiger partial charge in [-0.25, -0.2) is 8.42 Å². The minimum absolute atomic E-state index is 0.181. The highest BCUT2D eigenvalue weighted by atomic mass is 35.5. The van der Waals surface area contributed by atoms with Crippen molar-refractivity contribution in [2.75, 3.05) is 12.4 Å². The van der Waals surface area contributed by atoms with Crippen molar-refractivity contribution in [3.63, 3.8) is 0 Å². The van der Waals surface area contributed by atoms with Crippen molar-refractivity contribution in [2.45, 2.75) is 57.0 Å². The number of sulfonamides is 1. The van der Waals surface area contributed by atoms with Crippen LogP contribution in [0.2, 0.25) is 0 Å². The second-order valence-corrected chi connectivity index (χ2v) is 8.28. The molecule has 0 radical (unpaired) electrons. The number of aryl methyl sites for hydroxylation is 1. The van der Waals surface area contributed by atoms with Gasteiger partial charge in [0, 0.05) is 31.2 Å². The fraction of sp³-hybridized carbons (Fsp3) is 0.786. The third-order valence-electron chi connectivity index (χ3n) is 3.62. The fourth-order valence-corrected chi connectivity index (χ4v) is 3.98. The molecule has 0 spiro atoms. The van der Waals surface area contributed by atoms with Gasteiger partial charge in [0.1, 0.15) is 4.90 Å². The van der Waals surface area contributed by atoms with Crippen molar-refractivity contribution >= 4 is 21.6 Å². The van der Waals surface area contributed by atoms with E-state index in [2.05, 4.69) is 18.9 Å². The average Bonchev–Trinajstić information content (AvgIpc) is 3.12. The Morgan fingerprint density at radius 1 is 1.48 bits per heavy atom. The molecule has 0 aromatic carbocycles. The van der Waals surface area contributed by atoms with Crippen LogP contribution in [-0.2, 0) is 16.6 Å². The van der Waals surface area contributed by atoms with Crippen LogP contribution >= 0.6 is 11.6 Å². The Kier molecular flexibility index (Phi) is 5.68.